The van der Waals surface area contributed by atoms with Crippen molar-refractivity contribution in [1.29, 1.82) is 0 Å². The predicted molar refractivity (Wildman–Crippen MR) is 119 cm³/mol. The van der Waals surface area contributed by atoms with Gasteiger partial charge in [-0.05, 0) is 56.3 Å². The van der Waals surface area contributed by atoms with Crippen molar-refractivity contribution in [2.45, 2.75) is 31.6 Å². The maximum Gasteiger partial charge on any atom is 0.277 e. The van der Waals surface area contributed by atoms with E-state index in [0.29, 0.717) is 25.0 Å². The zero-order valence-electron chi connectivity index (χ0n) is 18.4. The maximum atomic E-state index is 13.4. The fourth-order valence-electron chi connectivity index (χ4n) is 2.84. The van der Waals surface area contributed by atoms with Gasteiger partial charge in [-0.2, -0.15) is 0 Å². The number of rotatable bonds is 11. The highest BCUT2D eigenvalue weighted by Crippen LogP contribution is 2.20. The van der Waals surface area contributed by atoms with Gasteiger partial charge in [-0.1, -0.05) is 5.21 Å². The van der Waals surface area contributed by atoms with Gasteiger partial charge in [-0.3, -0.25) is 9.52 Å². The molecule has 0 aliphatic carbocycles. The highest BCUT2D eigenvalue weighted by atomic mass is 32.2. The Labute approximate surface area is 194 Å². The van der Waals surface area contributed by atoms with E-state index in [4.69, 9.17) is 9.47 Å². The molecule has 0 fully saturated rings. The second kappa shape index (κ2) is 11.1. The largest absolute Gasteiger partial charge is 0.351 e. The normalized spacial score (nSPS) is 11.6. The Hall–Kier alpha value is -3.42. The number of nitrogens with one attached hydrogen (secondary N) is 2. The van der Waals surface area contributed by atoms with E-state index in [-0.39, 0.29) is 17.9 Å². The van der Waals surface area contributed by atoms with Crippen LogP contribution in [0.1, 0.15) is 24.3 Å². The molecule has 1 amide bonds. The summed E-state index contributed by atoms with van der Waals surface area (Å²) >= 11 is 0. The molecular weight excluding hydrogens is 472 g/mol. The van der Waals surface area contributed by atoms with E-state index in [9.17, 15) is 22.0 Å². The van der Waals surface area contributed by atoms with Crippen molar-refractivity contribution in [3.63, 3.8) is 0 Å². The Balaban J connectivity index is 1.61. The van der Waals surface area contributed by atoms with Crippen molar-refractivity contribution in [2.24, 2.45) is 0 Å². The first-order valence-electron chi connectivity index (χ1n) is 10.2. The van der Waals surface area contributed by atoms with Gasteiger partial charge in [-0.15, -0.1) is 5.10 Å². The Morgan fingerprint density at radius 3 is 2.29 bits per heavy atom. The SMILES string of the molecule is CCOC(Cn1cc(C(=O)Nc2ccc(NS(=O)(=O)c3ccc(F)c(F)c3)cc2)nn1)OCC. The van der Waals surface area contributed by atoms with Gasteiger partial charge in [0.15, 0.2) is 23.6 Å². The number of sulfonamides is 1. The third-order valence-electron chi connectivity index (χ3n) is 4.41. The van der Waals surface area contributed by atoms with E-state index < -0.39 is 38.8 Å². The van der Waals surface area contributed by atoms with Crippen LogP contribution in [-0.4, -0.2) is 48.8 Å². The van der Waals surface area contributed by atoms with Crippen molar-refractivity contribution in [2.75, 3.05) is 23.3 Å². The smallest absolute Gasteiger partial charge is 0.277 e. The van der Waals surface area contributed by atoms with Gasteiger partial charge in [0, 0.05) is 24.6 Å². The van der Waals surface area contributed by atoms with Gasteiger partial charge in [0.2, 0.25) is 0 Å². The van der Waals surface area contributed by atoms with Crippen LogP contribution in [0.15, 0.2) is 53.6 Å². The van der Waals surface area contributed by atoms with Crippen LogP contribution in [-0.2, 0) is 26.0 Å². The van der Waals surface area contributed by atoms with Crippen LogP contribution in [0.25, 0.3) is 0 Å². The van der Waals surface area contributed by atoms with Gasteiger partial charge >= 0.3 is 0 Å². The molecule has 0 spiro atoms. The molecule has 0 aliphatic heterocycles. The van der Waals surface area contributed by atoms with E-state index in [1.54, 1.807) is 0 Å². The Kier molecular flexibility index (Phi) is 8.26. The number of hydrogen-bond donors (Lipinski definition) is 2. The lowest BCUT2D eigenvalue weighted by atomic mass is 10.3. The molecule has 13 heteroatoms. The average molecular weight is 496 g/mol. The standard InChI is InChI=1S/C21H23F2N5O5S/c1-3-32-20(33-4-2)13-28-12-19(25-27-28)21(29)24-14-5-7-15(8-6-14)26-34(30,31)16-9-10-17(22)18(23)11-16/h5-12,20,26H,3-4,13H2,1-2H3,(H,24,29). The van der Waals surface area contributed by atoms with Crippen LogP contribution in [0.5, 0.6) is 0 Å². The lowest BCUT2D eigenvalue weighted by Gasteiger charge is -2.16. The first-order chi connectivity index (χ1) is 16.2. The number of anilines is 2. The Morgan fingerprint density at radius 1 is 1.03 bits per heavy atom. The highest BCUT2D eigenvalue weighted by Gasteiger charge is 2.18. The summed E-state index contributed by atoms with van der Waals surface area (Å²) in [6, 6.07) is 8.00. The average Bonchev–Trinajstić information content (AvgIpc) is 3.26. The summed E-state index contributed by atoms with van der Waals surface area (Å²) in [6.07, 6.45) is 0.931. The highest BCUT2D eigenvalue weighted by molar-refractivity contribution is 7.92. The van der Waals surface area contributed by atoms with Crippen molar-refractivity contribution < 1.29 is 31.5 Å². The maximum absolute atomic E-state index is 13.4. The molecular formula is C21H23F2N5O5S. The minimum atomic E-state index is -4.13. The summed E-state index contributed by atoms with van der Waals surface area (Å²) < 4.78 is 65.7. The molecule has 3 rings (SSSR count). The van der Waals surface area contributed by atoms with E-state index in [2.05, 4.69) is 20.4 Å². The lowest BCUT2D eigenvalue weighted by molar-refractivity contribution is -0.145. The number of carbonyl (C=O) groups excluding carboxylic acids is 1. The van der Waals surface area contributed by atoms with Crippen LogP contribution in [0.3, 0.4) is 0 Å². The number of carbonyl (C=O) groups is 1. The zero-order chi connectivity index (χ0) is 24.7. The molecule has 2 aromatic carbocycles. The number of benzene rings is 2. The van der Waals surface area contributed by atoms with Gasteiger partial charge in [0.05, 0.1) is 17.6 Å². The molecule has 34 heavy (non-hydrogen) atoms. The molecule has 0 unspecified atom stereocenters. The second-order valence-electron chi connectivity index (χ2n) is 6.88. The summed E-state index contributed by atoms with van der Waals surface area (Å²) in [7, 11) is -4.13. The molecule has 10 nitrogen and oxygen atoms in total. The van der Waals surface area contributed by atoms with E-state index in [0.717, 1.165) is 12.1 Å². The molecule has 1 aromatic heterocycles. The number of aromatic nitrogens is 3. The molecule has 0 bridgehead atoms. The summed E-state index contributed by atoms with van der Waals surface area (Å²) in [4.78, 5) is 12.0. The first kappa shape index (κ1) is 25.2. The van der Waals surface area contributed by atoms with E-state index in [1.165, 1.54) is 35.1 Å². The van der Waals surface area contributed by atoms with Crippen LogP contribution in [0.4, 0.5) is 20.2 Å². The Bertz CT molecular complexity index is 1230. The molecule has 182 valence electrons. The van der Waals surface area contributed by atoms with Gasteiger partial charge in [0.1, 0.15) is 0 Å². The summed E-state index contributed by atoms with van der Waals surface area (Å²) in [6.45, 7) is 4.85. The molecule has 0 atom stereocenters. The molecule has 0 saturated carbocycles. The second-order valence-corrected chi connectivity index (χ2v) is 8.56. The van der Waals surface area contributed by atoms with Crippen LogP contribution in [0, 0.1) is 11.6 Å². The number of hydrogen-bond acceptors (Lipinski definition) is 7. The van der Waals surface area contributed by atoms with Crippen LogP contribution < -0.4 is 10.0 Å². The monoisotopic (exact) mass is 495 g/mol. The van der Waals surface area contributed by atoms with E-state index >= 15 is 0 Å². The number of halogens is 2. The lowest BCUT2D eigenvalue weighted by Crippen LogP contribution is -2.24. The fraction of sp³-hybridized carbons (Fsp3) is 0.286. The summed E-state index contributed by atoms with van der Waals surface area (Å²) in [5.74, 6) is -2.95. The zero-order valence-corrected chi connectivity index (χ0v) is 19.2. The van der Waals surface area contributed by atoms with Crippen molar-refractivity contribution in [3.05, 3.63) is 66.0 Å². The summed E-state index contributed by atoms with van der Waals surface area (Å²) in [5, 5.41) is 10.4. The van der Waals surface area contributed by atoms with Gasteiger partial charge in [0.25, 0.3) is 15.9 Å². The van der Waals surface area contributed by atoms with Crippen molar-refractivity contribution in [3.8, 4) is 0 Å². The minimum Gasteiger partial charge on any atom is -0.351 e. The number of amides is 1. The van der Waals surface area contributed by atoms with E-state index in [1.807, 2.05) is 13.8 Å². The molecule has 0 aliphatic rings. The molecule has 1 heterocycles. The topological polar surface area (TPSA) is 124 Å². The van der Waals surface area contributed by atoms with Crippen molar-refractivity contribution in [1.82, 2.24) is 15.0 Å². The van der Waals surface area contributed by atoms with Crippen LogP contribution >= 0.6 is 0 Å². The third kappa shape index (κ3) is 6.56. The summed E-state index contributed by atoms with van der Waals surface area (Å²) in [5.41, 5.74) is 0.596. The number of ether oxygens (including phenoxy) is 2. The third-order valence-corrected chi connectivity index (χ3v) is 5.79. The molecule has 0 radical (unpaired) electrons. The number of nitrogens with zero attached hydrogens (tertiary/aromatic N) is 3. The quantitative estimate of drug-likeness (QED) is 0.392. The molecule has 0 saturated heterocycles. The van der Waals surface area contributed by atoms with Gasteiger partial charge in [-0.25, -0.2) is 21.9 Å². The van der Waals surface area contributed by atoms with Gasteiger partial charge < -0.3 is 14.8 Å². The Morgan fingerprint density at radius 2 is 1.68 bits per heavy atom. The van der Waals surface area contributed by atoms with Crippen molar-refractivity contribution >= 4 is 27.3 Å². The fourth-order valence-corrected chi connectivity index (χ4v) is 3.91. The predicted octanol–water partition coefficient (Wildman–Crippen LogP) is 3.01. The molecule has 2 N–H and O–H groups in total. The minimum absolute atomic E-state index is 0.0647. The van der Waals surface area contributed by atoms with Crippen LogP contribution in [0.2, 0.25) is 0 Å². The molecule has 3 aromatic rings. The first-order valence-corrected chi connectivity index (χ1v) is 11.7.